The average Bonchev–Trinajstić information content (AvgIpc) is 2.42. The summed E-state index contributed by atoms with van der Waals surface area (Å²) in [6, 6.07) is -0.378. The molecule has 1 aromatic rings. The number of carbonyl (C=O) groups excluding carboxylic acids is 1. The van der Waals surface area contributed by atoms with Gasteiger partial charge in [-0.3, -0.25) is 15.1 Å². The summed E-state index contributed by atoms with van der Waals surface area (Å²) in [7, 11) is 0. The predicted octanol–water partition coefficient (Wildman–Crippen LogP) is 1.79. The molecule has 0 aliphatic heterocycles. The van der Waals surface area contributed by atoms with Crippen LogP contribution in [0.5, 0.6) is 5.75 Å². The Labute approximate surface area is 124 Å². The van der Waals surface area contributed by atoms with Crippen LogP contribution in [0.2, 0.25) is 0 Å². The van der Waals surface area contributed by atoms with Gasteiger partial charge in [-0.2, -0.15) is 11.8 Å². The van der Waals surface area contributed by atoms with Crippen LogP contribution in [0.4, 0.5) is 0 Å². The van der Waals surface area contributed by atoms with E-state index in [1.165, 1.54) is 0 Å². The maximum atomic E-state index is 11.8. The smallest absolute Gasteiger partial charge is 0.323 e. The van der Waals surface area contributed by atoms with Gasteiger partial charge in [0.25, 0.3) is 0 Å². The molecule has 1 aromatic heterocycles. The molecule has 20 heavy (non-hydrogen) atoms. The molecule has 0 amide bonds. The van der Waals surface area contributed by atoms with Crippen LogP contribution in [0.1, 0.15) is 23.7 Å². The minimum Gasteiger partial charge on any atom is -0.506 e. The van der Waals surface area contributed by atoms with E-state index in [9.17, 15) is 9.90 Å². The van der Waals surface area contributed by atoms with E-state index < -0.39 is 0 Å². The van der Waals surface area contributed by atoms with E-state index in [4.69, 9.17) is 4.74 Å². The van der Waals surface area contributed by atoms with Crippen molar-refractivity contribution in [2.24, 2.45) is 0 Å². The summed E-state index contributed by atoms with van der Waals surface area (Å²) in [5, 5.41) is 13.2. The lowest BCUT2D eigenvalue weighted by atomic mass is 10.1. The van der Waals surface area contributed by atoms with E-state index in [0.717, 1.165) is 11.1 Å². The van der Waals surface area contributed by atoms with Crippen LogP contribution in [0.25, 0.3) is 0 Å². The van der Waals surface area contributed by atoms with Gasteiger partial charge in [-0.15, -0.1) is 0 Å². The fourth-order valence-corrected chi connectivity index (χ4v) is 2.39. The van der Waals surface area contributed by atoms with Crippen molar-refractivity contribution >= 4 is 17.7 Å². The highest BCUT2D eigenvalue weighted by Crippen LogP contribution is 2.23. The van der Waals surface area contributed by atoms with E-state index in [1.54, 1.807) is 31.8 Å². The van der Waals surface area contributed by atoms with Crippen LogP contribution >= 0.6 is 11.8 Å². The zero-order chi connectivity index (χ0) is 15.1. The maximum absolute atomic E-state index is 11.8. The molecule has 0 aliphatic rings. The zero-order valence-electron chi connectivity index (χ0n) is 12.4. The second-order valence-electron chi connectivity index (χ2n) is 4.49. The zero-order valence-corrected chi connectivity index (χ0v) is 13.2. The quantitative estimate of drug-likeness (QED) is 0.748. The Kier molecular flexibility index (Phi) is 6.81. The van der Waals surface area contributed by atoms with Gasteiger partial charge < -0.3 is 9.84 Å². The van der Waals surface area contributed by atoms with E-state index in [2.05, 4.69) is 10.3 Å². The molecule has 1 rings (SSSR count). The first-order valence-corrected chi connectivity index (χ1v) is 7.93. The van der Waals surface area contributed by atoms with Gasteiger partial charge in [0.2, 0.25) is 0 Å². The van der Waals surface area contributed by atoms with E-state index >= 15 is 0 Å². The Morgan fingerprint density at radius 2 is 2.25 bits per heavy atom. The van der Waals surface area contributed by atoms with Crippen molar-refractivity contribution in [3.8, 4) is 5.75 Å². The number of pyridine rings is 1. The number of carbonyl (C=O) groups is 1. The van der Waals surface area contributed by atoms with Crippen molar-refractivity contribution < 1.29 is 14.6 Å². The molecular weight excluding hydrogens is 276 g/mol. The number of aryl methyl sites for hydroxylation is 2. The Morgan fingerprint density at radius 3 is 2.85 bits per heavy atom. The van der Waals surface area contributed by atoms with Crippen LogP contribution in [-0.2, 0) is 16.1 Å². The molecule has 0 fully saturated rings. The van der Waals surface area contributed by atoms with Crippen molar-refractivity contribution in [3.63, 3.8) is 0 Å². The Balaban J connectivity index is 2.77. The highest BCUT2D eigenvalue weighted by atomic mass is 32.2. The van der Waals surface area contributed by atoms with Crippen molar-refractivity contribution in [1.82, 2.24) is 10.3 Å². The molecule has 1 unspecified atom stereocenters. The standard InChI is InChI=1S/C14H22N2O3S/c1-5-19-14(18)12(8-20-4)16-7-11-9(2)6-15-10(3)13(11)17/h6,12,16-17H,5,7-8H2,1-4H3. The lowest BCUT2D eigenvalue weighted by Crippen LogP contribution is -2.39. The van der Waals surface area contributed by atoms with Crippen molar-refractivity contribution in [1.29, 1.82) is 0 Å². The topological polar surface area (TPSA) is 71.5 Å². The fraction of sp³-hybridized carbons (Fsp3) is 0.571. The van der Waals surface area contributed by atoms with E-state index in [0.29, 0.717) is 24.6 Å². The van der Waals surface area contributed by atoms with Crippen LogP contribution in [0, 0.1) is 13.8 Å². The van der Waals surface area contributed by atoms with Gasteiger partial charge in [-0.05, 0) is 32.6 Å². The number of esters is 1. The molecule has 0 bridgehead atoms. The molecule has 0 aromatic carbocycles. The van der Waals surface area contributed by atoms with Gasteiger partial charge in [0.1, 0.15) is 11.8 Å². The summed E-state index contributed by atoms with van der Waals surface area (Å²) in [5.41, 5.74) is 2.25. The molecular formula is C14H22N2O3S. The third-order valence-electron chi connectivity index (χ3n) is 2.99. The number of hydrogen-bond donors (Lipinski definition) is 2. The maximum Gasteiger partial charge on any atom is 0.323 e. The van der Waals surface area contributed by atoms with E-state index in [1.807, 2.05) is 13.2 Å². The number of nitrogens with zero attached hydrogens (tertiary/aromatic N) is 1. The minimum atomic E-state index is -0.378. The number of hydrogen-bond acceptors (Lipinski definition) is 6. The summed E-state index contributed by atoms with van der Waals surface area (Å²) in [4.78, 5) is 15.9. The minimum absolute atomic E-state index is 0.185. The predicted molar refractivity (Wildman–Crippen MR) is 81.0 cm³/mol. The molecule has 112 valence electrons. The molecule has 5 nitrogen and oxygen atoms in total. The first-order chi connectivity index (χ1) is 9.51. The summed E-state index contributed by atoms with van der Waals surface area (Å²) in [6.45, 7) is 6.20. The monoisotopic (exact) mass is 298 g/mol. The van der Waals surface area contributed by atoms with Gasteiger partial charge in [-0.1, -0.05) is 0 Å². The normalized spacial score (nSPS) is 12.2. The molecule has 0 spiro atoms. The molecule has 1 atom stereocenters. The molecule has 0 saturated heterocycles. The third-order valence-corrected chi connectivity index (χ3v) is 3.65. The summed E-state index contributed by atoms with van der Waals surface area (Å²) in [5.74, 6) is 0.553. The molecule has 6 heteroatoms. The van der Waals surface area contributed by atoms with Crippen molar-refractivity contribution in [2.45, 2.75) is 33.4 Å². The summed E-state index contributed by atoms with van der Waals surface area (Å²) >= 11 is 1.57. The summed E-state index contributed by atoms with van der Waals surface area (Å²) < 4.78 is 5.04. The molecule has 0 radical (unpaired) electrons. The first kappa shape index (κ1) is 16.8. The number of ether oxygens (including phenoxy) is 1. The van der Waals surface area contributed by atoms with Gasteiger partial charge in [-0.25, -0.2) is 0 Å². The lowest BCUT2D eigenvalue weighted by Gasteiger charge is -2.18. The lowest BCUT2D eigenvalue weighted by molar-refractivity contribution is -0.145. The second kappa shape index (κ2) is 8.11. The Morgan fingerprint density at radius 1 is 1.55 bits per heavy atom. The molecule has 0 saturated carbocycles. The molecule has 0 aliphatic carbocycles. The van der Waals surface area contributed by atoms with Crippen molar-refractivity contribution in [3.05, 3.63) is 23.0 Å². The molecule has 2 N–H and O–H groups in total. The van der Waals surface area contributed by atoms with Gasteiger partial charge >= 0.3 is 5.97 Å². The third kappa shape index (κ3) is 4.38. The van der Waals surface area contributed by atoms with Gasteiger partial charge in [0.05, 0.1) is 12.3 Å². The number of thioether (sulfide) groups is 1. The number of aromatic nitrogens is 1. The average molecular weight is 298 g/mol. The highest BCUT2D eigenvalue weighted by Gasteiger charge is 2.20. The Hall–Kier alpha value is -1.27. The number of rotatable bonds is 7. The molecule has 1 heterocycles. The highest BCUT2D eigenvalue weighted by molar-refractivity contribution is 7.98. The SMILES string of the molecule is CCOC(=O)C(CSC)NCc1c(C)cnc(C)c1O. The second-order valence-corrected chi connectivity index (χ2v) is 5.41. The fourth-order valence-electron chi connectivity index (χ4n) is 1.81. The number of aromatic hydroxyl groups is 1. The van der Waals surface area contributed by atoms with Crippen molar-refractivity contribution in [2.75, 3.05) is 18.6 Å². The summed E-state index contributed by atoms with van der Waals surface area (Å²) in [6.07, 6.45) is 3.66. The van der Waals surface area contributed by atoms with Crippen LogP contribution in [-0.4, -0.2) is 40.7 Å². The Bertz CT molecular complexity index is 466. The number of nitrogens with one attached hydrogen (secondary N) is 1. The van der Waals surface area contributed by atoms with Crippen LogP contribution in [0.3, 0.4) is 0 Å². The van der Waals surface area contributed by atoms with Gasteiger partial charge in [0.15, 0.2) is 0 Å². The first-order valence-electron chi connectivity index (χ1n) is 6.54. The largest absolute Gasteiger partial charge is 0.506 e. The van der Waals surface area contributed by atoms with Crippen LogP contribution < -0.4 is 5.32 Å². The van der Waals surface area contributed by atoms with Crippen LogP contribution in [0.15, 0.2) is 6.20 Å². The van der Waals surface area contributed by atoms with E-state index in [-0.39, 0.29) is 17.8 Å². The van der Waals surface area contributed by atoms with Gasteiger partial charge in [0, 0.05) is 24.1 Å².